The fourth-order valence-corrected chi connectivity index (χ4v) is 2.31. The van der Waals surface area contributed by atoms with Gasteiger partial charge in [-0.25, -0.2) is 0 Å². The number of nitrogens with one attached hydrogen (secondary N) is 2. The molecule has 0 aliphatic carbocycles. The zero-order chi connectivity index (χ0) is 14.3. The van der Waals surface area contributed by atoms with Gasteiger partial charge in [-0.3, -0.25) is 4.79 Å². The molecule has 0 radical (unpaired) electrons. The standard InChI is InChI=1S/C15H24N2OS/c1-15(2,3)17-11-12-5-7-13(8-6-12)19-10-9-14(18)16-4/h5-8,17H,9-11H2,1-4H3,(H,16,18). The third-order valence-corrected chi connectivity index (χ3v) is 3.64. The van der Waals surface area contributed by atoms with Crippen molar-refractivity contribution in [2.75, 3.05) is 12.8 Å². The fourth-order valence-electron chi connectivity index (χ4n) is 1.46. The molecule has 1 aromatic carbocycles. The zero-order valence-corrected chi connectivity index (χ0v) is 13.1. The first-order valence-electron chi connectivity index (χ1n) is 6.58. The van der Waals surface area contributed by atoms with Gasteiger partial charge < -0.3 is 10.6 Å². The second-order valence-electron chi connectivity index (χ2n) is 5.52. The van der Waals surface area contributed by atoms with Crippen molar-refractivity contribution in [1.29, 1.82) is 0 Å². The van der Waals surface area contributed by atoms with Crippen LogP contribution in [0.1, 0.15) is 32.8 Å². The number of carbonyl (C=O) groups is 1. The molecule has 0 spiro atoms. The van der Waals surface area contributed by atoms with Crippen LogP contribution in [0.15, 0.2) is 29.2 Å². The van der Waals surface area contributed by atoms with Gasteiger partial charge >= 0.3 is 0 Å². The minimum absolute atomic E-state index is 0.0958. The minimum Gasteiger partial charge on any atom is -0.359 e. The monoisotopic (exact) mass is 280 g/mol. The van der Waals surface area contributed by atoms with Gasteiger partial charge in [-0.05, 0) is 38.5 Å². The van der Waals surface area contributed by atoms with E-state index in [1.807, 2.05) is 0 Å². The summed E-state index contributed by atoms with van der Waals surface area (Å²) < 4.78 is 0. The van der Waals surface area contributed by atoms with Crippen molar-refractivity contribution in [3.63, 3.8) is 0 Å². The second-order valence-corrected chi connectivity index (χ2v) is 6.69. The normalized spacial score (nSPS) is 11.4. The summed E-state index contributed by atoms with van der Waals surface area (Å²) in [6, 6.07) is 8.52. The Morgan fingerprint density at radius 1 is 1.21 bits per heavy atom. The Hall–Kier alpha value is -1.00. The molecule has 0 aliphatic rings. The molecule has 4 heteroatoms. The Morgan fingerprint density at radius 2 is 1.84 bits per heavy atom. The second kappa shape index (κ2) is 7.56. The molecule has 0 atom stereocenters. The summed E-state index contributed by atoms with van der Waals surface area (Å²) in [4.78, 5) is 12.3. The molecule has 0 saturated carbocycles. The largest absolute Gasteiger partial charge is 0.359 e. The molecule has 0 aliphatic heterocycles. The lowest BCUT2D eigenvalue weighted by Gasteiger charge is -2.20. The fraction of sp³-hybridized carbons (Fsp3) is 0.533. The van der Waals surface area contributed by atoms with Gasteiger partial charge in [0.25, 0.3) is 0 Å². The van der Waals surface area contributed by atoms with E-state index in [2.05, 4.69) is 55.7 Å². The summed E-state index contributed by atoms with van der Waals surface area (Å²) in [6.07, 6.45) is 0.564. The highest BCUT2D eigenvalue weighted by atomic mass is 32.2. The molecule has 1 rings (SSSR count). The maximum atomic E-state index is 11.1. The molecule has 0 bridgehead atoms. The van der Waals surface area contributed by atoms with Gasteiger partial charge in [-0.2, -0.15) is 0 Å². The maximum absolute atomic E-state index is 11.1. The van der Waals surface area contributed by atoms with E-state index in [0.29, 0.717) is 6.42 Å². The number of carbonyl (C=O) groups excluding carboxylic acids is 1. The molecule has 106 valence electrons. The van der Waals surface area contributed by atoms with Gasteiger partial charge in [0, 0.05) is 36.2 Å². The minimum atomic E-state index is 0.0958. The van der Waals surface area contributed by atoms with Gasteiger partial charge in [0.15, 0.2) is 0 Å². The molecule has 0 aromatic heterocycles. The first-order chi connectivity index (χ1) is 8.90. The molecule has 0 fully saturated rings. The van der Waals surface area contributed by atoms with Crippen LogP contribution in [0, 0.1) is 0 Å². The summed E-state index contributed by atoms with van der Waals surface area (Å²) in [5.74, 6) is 0.915. The third kappa shape index (κ3) is 7.23. The molecule has 0 heterocycles. The maximum Gasteiger partial charge on any atom is 0.220 e. The highest BCUT2D eigenvalue weighted by Crippen LogP contribution is 2.19. The van der Waals surface area contributed by atoms with Crippen LogP contribution in [0.3, 0.4) is 0 Å². The summed E-state index contributed by atoms with van der Waals surface area (Å²) in [5.41, 5.74) is 1.42. The Labute approximate surface area is 120 Å². The van der Waals surface area contributed by atoms with Crippen molar-refractivity contribution in [3.8, 4) is 0 Å². The van der Waals surface area contributed by atoms with Crippen LogP contribution in [-0.2, 0) is 11.3 Å². The van der Waals surface area contributed by atoms with Gasteiger partial charge in [-0.15, -0.1) is 11.8 Å². The first-order valence-corrected chi connectivity index (χ1v) is 7.56. The van der Waals surface area contributed by atoms with Crippen LogP contribution >= 0.6 is 11.8 Å². The van der Waals surface area contributed by atoms with Gasteiger partial charge in [0.2, 0.25) is 5.91 Å². The Kier molecular flexibility index (Phi) is 6.38. The van der Waals surface area contributed by atoms with Gasteiger partial charge in [0.1, 0.15) is 0 Å². The molecule has 1 aromatic rings. The van der Waals surface area contributed by atoms with Crippen molar-refractivity contribution >= 4 is 17.7 Å². The summed E-state index contributed by atoms with van der Waals surface area (Å²) in [6.45, 7) is 7.37. The lowest BCUT2D eigenvalue weighted by atomic mass is 10.1. The average Bonchev–Trinajstić information content (AvgIpc) is 2.36. The van der Waals surface area contributed by atoms with Crippen molar-refractivity contribution in [3.05, 3.63) is 29.8 Å². The zero-order valence-electron chi connectivity index (χ0n) is 12.2. The quantitative estimate of drug-likeness (QED) is 0.787. The first kappa shape index (κ1) is 16.1. The number of amides is 1. The van der Waals surface area contributed by atoms with Gasteiger partial charge in [-0.1, -0.05) is 12.1 Å². The smallest absolute Gasteiger partial charge is 0.220 e. The molecule has 0 saturated heterocycles. The Morgan fingerprint density at radius 3 is 2.37 bits per heavy atom. The van der Waals surface area contributed by atoms with E-state index in [-0.39, 0.29) is 11.4 Å². The van der Waals surface area contributed by atoms with Crippen LogP contribution in [0.2, 0.25) is 0 Å². The van der Waals surface area contributed by atoms with E-state index in [4.69, 9.17) is 0 Å². The molecular weight excluding hydrogens is 256 g/mol. The highest BCUT2D eigenvalue weighted by molar-refractivity contribution is 7.99. The average molecular weight is 280 g/mol. The topological polar surface area (TPSA) is 41.1 Å². The van der Waals surface area contributed by atoms with Crippen molar-refractivity contribution in [2.45, 2.75) is 44.2 Å². The molecular formula is C15H24N2OS. The molecule has 2 N–H and O–H groups in total. The number of benzene rings is 1. The molecule has 0 unspecified atom stereocenters. The Balaban J connectivity index is 2.37. The number of hydrogen-bond acceptors (Lipinski definition) is 3. The molecule has 3 nitrogen and oxygen atoms in total. The van der Waals surface area contributed by atoms with Gasteiger partial charge in [0.05, 0.1) is 0 Å². The van der Waals surface area contributed by atoms with Crippen molar-refractivity contribution in [2.24, 2.45) is 0 Å². The van der Waals surface area contributed by atoms with E-state index in [1.54, 1.807) is 18.8 Å². The van der Waals surface area contributed by atoms with E-state index in [1.165, 1.54) is 10.5 Å². The van der Waals surface area contributed by atoms with Crippen LogP contribution in [0.5, 0.6) is 0 Å². The lowest BCUT2D eigenvalue weighted by Crippen LogP contribution is -2.35. The summed E-state index contributed by atoms with van der Waals surface area (Å²) in [5, 5.41) is 6.09. The van der Waals surface area contributed by atoms with Crippen LogP contribution in [0.4, 0.5) is 0 Å². The summed E-state index contributed by atoms with van der Waals surface area (Å²) >= 11 is 1.72. The number of hydrogen-bond donors (Lipinski definition) is 2. The van der Waals surface area contributed by atoms with E-state index >= 15 is 0 Å². The molecule has 19 heavy (non-hydrogen) atoms. The van der Waals surface area contributed by atoms with E-state index < -0.39 is 0 Å². The molecule has 1 amide bonds. The van der Waals surface area contributed by atoms with Crippen LogP contribution in [-0.4, -0.2) is 24.2 Å². The van der Waals surface area contributed by atoms with Crippen molar-refractivity contribution in [1.82, 2.24) is 10.6 Å². The predicted molar refractivity (Wildman–Crippen MR) is 82.4 cm³/mol. The number of rotatable bonds is 6. The summed E-state index contributed by atoms with van der Waals surface area (Å²) in [7, 11) is 1.67. The van der Waals surface area contributed by atoms with Crippen LogP contribution in [0.25, 0.3) is 0 Å². The predicted octanol–water partition coefficient (Wildman–Crippen LogP) is 2.80. The third-order valence-electron chi connectivity index (χ3n) is 2.62. The number of thioether (sulfide) groups is 1. The van der Waals surface area contributed by atoms with E-state index in [0.717, 1.165) is 12.3 Å². The van der Waals surface area contributed by atoms with E-state index in [9.17, 15) is 4.79 Å². The highest BCUT2D eigenvalue weighted by Gasteiger charge is 2.08. The van der Waals surface area contributed by atoms with Crippen molar-refractivity contribution < 1.29 is 4.79 Å². The van der Waals surface area contributed by atoms with Crippen LogP contribution < -0.4 is 10.6 Å². The Bertz CT molecular complexity index is 396. The SMILES string of the molecule is CNC(=O)CCSc1ccc(CNC(C)(C)C)cc1. The lowest BCUT2D eigenvalue weighted by molar-refractivity contribution is -0.120.